The number of nitrogens with two attached hydrogens (primary N) is 1. The number of anilines is 1. The number of aromatic nitrogens is 4. The highest BCUT2D eigenvalue weighted by Crippen LogP contribution is 2.35. The van der Waals surface area contributed by atoms with Crippen molar-refractivity contribution in [1.82, 2.24) is 24.8 Å². The van der Waals surface area contributed by atoms with E-state index >= 15 is 0 Å². The Kier molecular flexibility index (Phi) is 7.21. The standard InChI is InChI=1S/C25H31FN8O2/c1-25(13-27)14-35-23(36-15-25)22-32-20(17-3-5-18(26)6-4-17)21(33-22)19-7-9-30-24(31-19)29-8-2-11-34-12-10-28-16-34/h3-7,9,16,23H,2,8,10-15,27H2,1H3,(H,32,33)(H,29,30,31). The van der Waals surface area contributed by atoms with Gasteiger partial charge in [-0.05, 0) is 36.8 Å². The van der Waals surface area contributed by atoms with E-state index in [-0.39, 0.29) is 11.2 Å². The van der Waals surface area contributed by atoms with Crippen LogP contribution in [0.4, 0.5) is 10.3 Å². The molecule has 10 nitrogen and oxygen atoms in total. The van der Waals surface area contributed by atoms with Crippen molar-refractivity contribution in [2.45, 2.75) is 19.6 Å². The lowest BCUT2D eigenvalue weighted by Gasteiger charge is -2.35. The highest BCUT2D eigenvalue weighted by molar-refractivity contribution is 5.77. The molecule has 2 aromatic heterocycles. The topological polar surface area (TPSA) is 127 Å². The van der Waals surface area contributed by atoms with Crippen LogP contribution in [-0.4, -0.2) is 77.1 Å². The van der Waals surface area contributed by atoms with E-state index in [0.29, 0.717) is 48.6 Å². The molecule has 0 unspecified atom stereocenters. The molecular formula is C25H31FN8O2. The molecule has 1 aromatic carbocycles. The maximum absolute atomic E-state index is 13.6. The normalized spacial score (nSPS) is 21.8. The minimum absolute atomic E-state index is 0.236. The lowest BCUT2D eigenvalue weighted by Crippen LogP contribution is -2.42. The van der Waals surface area contributed by atoms with Crippen molar-refractivity contribution < 1.29 is 13.9 Å². The molecule has 4 N–H and O–H groups in total. The first-order valence-corrected chi connectivity index (χ1v) is 12.1. The van der Waals surface area contributed by atoms with Gasteiger partial charge in [0.1, 0.15) is 5.82 Å². The van der Waals surface area contributed by atoms with Gasteiger partial charge in [-0.3, -0.25) is 4.99 Å². The largest absolute Gasteiger partial charge is 0.361 e. The molecule has 5 rings (SSSR count). The Balaban J connectivity index is 1.37. The summed E-state index contributed by atoms with van der Waals surface area (Å²) in [6.45, 7) is 6.91. The molecule has 1 saturated heterocycles. The molecule has 0 atom stereocenters. The third-order valence-electron chi connectivity index (χ3n) is 6.30. The summed E-state index contributed by atoms with van der Waals surface area (Å²) in [6, 6.07) is 8.01. The first kappa shape index (κ1) is 24.3. The smallest absolute Gasteiger partial charge is 0.223 e. The number of hydrogen-bond acceptors (Lipinski definition) is 9. The lowest BCUT2D eigenvalue weighted by atomic mass is 9.93. The number of rotatable bonds is 9. The summed E-state index contributed by atoms with van der Waals surface area (Å²) in [5.74, 6) is 0.723. The van der Waals surface area contributed by atoms with Crippen LogP contribution in [-0.2, 0) is 9.47 Å². The van der Waals surface area contributed by atoms with E-state index in [1.54, 1.807) is 18.3 Å². The van der Waals surface area contributed by atoms with Gasteiger partial charge in [-0.1, -0.05) is 6.92 Å². The monoisotopic (exact) mass is 494 g/mol. The second-order valence-electron chi connectivity index (χ2n) is 9.42. The van der Waals surface area contributed by atoms with Crippen molar-refractivity contribution in [3.8, 4) is 22.6 Å². The van der Waals surface area contributed by atoms with Gasteiger partial charge in [0.2, 0.25) is 12.2 Å². The van der Waals surface area contributed by atoms with E-state index in [1.165, 1.54) is 12.1 Å². The summed E-state index contributed by atoms with van der Waals surface area (Å²) < 4.78 is 25.5. The summed E-state index contributed by atoms with van der Waals surface area (Å²) in [6.07, 6.45) is 3.88. The molecule has 0 radical (unpaired) electrons. The zero-order valence-electron chi connectivity index (χ0n) is 20.3. The van der Waals surface area contributed by atoms with Crippen molar-refractivity contribution in [2.24, 2.45) is 16.1 Å². The van der Waals surface area contributed by atoms with Crippen LogP contribution >= 0.6 is 0 Å². The number of aliphatic imine (C=N–C) groups is 1. The summed E-state index contributed by atoms with van der Waals surface area (Å²) in [5.41, 5.74) is 8.33. The molecule has 2 aliphatic rings. The molecule has 2 aliphatic heterocycles. The third-order valence-corrected chi connectivity index (χ3v) is 6.30. The highest BCUT2D eigenvalue weighted by atomic mass is 19.1. The fraction of sp³-hybridized carbons (Fsp3) is 0.440. The third kappa shape index (κ3) is 5.53. The molecule has 11 heteroatoms. The zero-order chi connectivity index (χ0) is 25.0. The number of imidazole rings is 1. The molecule has 0 amide bonds. The van der Waals surface area contributed by atoms with E-state index in [9.17, 15) is 4.39 Å². The van der Waals surface area contributed by atoms with E-state index in [4.69, 9.17) is 25.2 Å². The number of nitrogens with one attached hydrogen (secondary N) is 2. The summed E-state index contributed by atoms with van der Waals surface area (Å²) in [4.78, 5) is 23.6. The van der Waals surface area contributed by atoms with Crippen molar-refractivity contribution in [3.05, 3.63) is 48.2 Å². The van der Waals surface area contributed by atoms with E-state index in [0.717, 1.165) is 38.2 Å². The van der Waals surface area contributed by atoms with Crippen LogP contribution in [0, 0.1) is 11.2 Å². The maximum atomic E-state index is 13.6. The van der Waals surface area contributed by atoms with Crippen LogP contribution in [0.1, 0.15) is 25.5 Å². The molecule has 0 saturated carbocycles. The molecule has 0 spiro atoms. The lowest BCUT2D eigenvalue weighted by molar-refractivity contribution is -0.231. The number of ether oxygens (including phenoxy) is 2. The van der Waals surface area contributed by atoms with Crippen molar-refractivity contribution in [1.29, 1.82) is 0 Å². The number of nitrogens with zero attached hydrogens (tertiary/aromatic N) is 5. The number of aromatic amines is 1. The first-order chi connectivity index (χ1) is 17.5. The van der Waals surface area contributed by atoms with Crippen LogP contribution in [0.25, 0.3) is 22.6 Å². The van der Waals surface area contributed by atoms with Crippen molar-refractivity contribution >= 4 is 12.3 Å². The second kappa shape index (κ2) is 10.7. The highest BCUT2D eigenvalue weighted by Gasteiger charge is 2.34. The Morgan fingerprint density at radius 2 is 2.00 bits per heavy atom. The molecule has 0 aliphatic carbocycles. The van der Waals surface area contributed by atoms with Gasteiger partial charge < -0.3 is 30.4 Å². The Bertz CT molecular complexity index is 1190. The fourth-order valence-electron chi connectivity index (χ4n) is 4.08. The van der Waals surface area contributed by atoms with Gasteiger partial charge in [0.25, 0.3) is 0 Å². The fourth-order valence-corrected chi connectivity index (χ4v) is 4.08. The van der Waals surface area contributed by atoms with Crippen LogP contribution in [0.2, 0.25) is 0 Å². The van der Waals surface area contributed by atoms with Crippen LogP contribution in [0.3, 0.4) is 0 Å². The first-order valence-electron chi connectivity index (χ1n) is 12.1. The van der Waals surface area contributed by atoms with E-state index < -0.39 is 6.29 Å². The molecule has 1 fully saturated rings. The van der Waals surface area contributed by atoms with Gasteiger partial charge in [-0.25, -0.2) is 19.3 Å². The van der Waals surface area contributed by atoms with Gasteiger partial charge in [0, 0.05) is 43.4 Å². The predicted octanol–water partition coefficient (Wildman–Crippen LogP) is 2.83. The van der Waals surface area contributed by atoms with Gasteiger partial charge in [-0.15, -0.1) is 0 Å². The average molecular weight is 495 g/mol. The number of halogens is 1. The number of hydrogen-bond donors (Lipinski definition) is 3. The van der Waals surface area contributed by atoms with Crippen LogP contribution in [0.15, 0.2) is 41.5 Å². The molecule has 0 bridgehead atoms. The van der Waals surface area contributed by atoms with Gasteiger partial charge >= 0.3 is 0 Å². The minimum atomic E-state index is -0.661. The summed E-state index contributed by atoms with van der Waals surface area (Å²) in [7, 11) is 0. The molecule has 3 aromatic rings. The molecule has 190 valence electrons. The Morgan fingerprint density at radius 3 is 2.72 bits per heavy atom. The molecule has 36 heavy (non-hydrogen) atoms. The van der Waals surface area contributed by atoms with Crippen molar-refractivity contribution in [3.63, 3.8) is 0 Å². The SMILES string of the molecule is CC1(CN)COC(c2nc(-c3ccc(F)cc3)c(-c3ccnc(NCCCN4C=NCC4)n3)[nH]2)OC1. The van der Waals surface area contributed by atoms with Crippen LogP contribution < -0.4 is 11.1 Å². The zero-order valence-corrected chi connectivity index (χ0v) is 20.3. The summed E-state index contributed by atoms with van der Waals surface area (Å²) in [5, 5.41) is 3.29. The van der Waals surface area contributed by atoms with Crippen LogP contribution in [0.5, 0.6) is 0 Å². The van der Waals surface area contributed by atoms with Gasteiger partial charge in [-0.2, -0.15) is 0 Å². The molecular weight excluding hydrogens is 463 g/mol. The predicted molar refractivity (Wildman–Crippen MR) is 135 cm³/mol. The number of H-pyrrole nitrogens is 1. The van der Waals surface area contributed by atoms with E-state index in [2.05, 4.69) is 25.2 Å². The number of benzene rings is 1. The minimum Gasteiger partial charge on any atom is -0.361 e. The van der Waals surface area contributed by atoms with E-state index in [1.807, 2.05) is 19.3 Å². The Labute approximate surface area is 209 Å². The maximum Gasteiger partial charge on any atom is 0.223 e. The van der Waals surface area contributed by atoms with Gasteiger partial charge in [0.15, 0.2) is 5.82 Å². The van der Waals surface area contributed by atoms with Crippen molar-refractivity contribution in [2.75, 3.05) is 51.3 Å². The average Bonchev–Trinajstić information content (AvgIpc) is 3.58. The molecule has 4 heterocycles. The van der Waals surface area contributed by atoms with Gasteiger partial charge in [0.05, 0.1) is 43.2 Å². The Morgan fingerprint density at radius 1 is 1.19 bits per heavy atom. The second-order valence-corrected chi connectivity index (χ2v) is 9.42. The summed E-state index contributed by atoms with van der Waals surface area (Å²) >= 11 is 0. The quantitative estimate of drug-likeness (QED) is 0.388. The Hall–Kier alpha value is -3.41.